The van der Waals surface area contributed by atoms with Crippen molar-refractivity contribution < 1.29 is 18.7 Å². The van der Waals surface area contributed by atoms with Crippen LogP contribution in [-0.4, -0.2) is 51.5 Å². The Hall–Kier alpha value is -2.74. The Balaban J connectivity index is 1.34. The molecule has 0 radical (unpaired) electrons. The Bertz CT molecular complexity index is 765. The molecule has 3 atom stereocenters. The quantitative estimate of drug-likeness (QED) is 0.882. The van der Waals surface area contributed by atoms with E-state index in [0.717, 1.165) is 12.8 Å². The zero-order chi connectivity index (χ0) is 17.9. The van der Waals surface area contributed by atoms with Crippen LogP contribution in [0.1, 0.15) is 35.5 Å². The van der Waals surface area contributed by atoms with Crippen molar-refractivity contribution in [1.29, 1.82) is 0 Å². The summed E-state index contributed by atoms with van der Waals surface area (Å²) >= 11 is 0. The summed E-state index contributed by atoms with van der Waals surface area (Å²) in [5.41, 5.74) is 0.339. The predicted octanol–water partition coefficient (Wildman–Crippen LogP) is 1.15. The number of carbonyl (C=O) groups is 2. The summed E-state index contributed by atoms with van der Waals surface area (Å²) < 4.78 is 11.2. The molecule has 0 spiro atoms. The first-order valence-corrected chi connectivity index (χ1v) is 8.75. The number of ether oxygens (including phenoxy) is 1. The van der Waals surface area contributed by atoms with Crippen molar-refractivity contribution >= 4 is 11.8 Å². The molecular weight excluding hydrogens is 336 g/mol. The zero-order valence-corrected chi connectivity index (χ0v) is 14.2. The Morgan fingerprint density at radius 3 is 2.96 bits per heavy atom. The van der Waals surface area contributed by atoms with Crippen molar-refractivity contribution in [2.45, 2.75) is 44.1 Å². The normalized spacial score (nSPS) is 24.9. The summed E-state index contributed by atoms with van der Waals surface area (Å²) in [6.45, 7) is 0.947. The van der Waals surface area contributed by atoms with E-state index in [1.165, 1.54) is 12.4 Å². The Morgan fingerprint density at radius 1 is 1.27 bits per heavy atom. The fourth-order valence-corrected chi connectivity index (χ4v) is 3.63. The maximum atomic E-state index is 12.6. The minimum Gasteiger partial charge on any atom is -0.467 e. The second kappa shape index (κ2) is 7.25. The first-order chi connectivity index (χ1) is 12.7. The average molecular weight is 356 g/mol. The predicted molar refractivity (Wildman–Crippen MR) is 89.9 cm³/mol. The smallest absolute Gasteiger partial charge is 0.274 e. The van der Waals surface area contributed by atoms with Gasteiger partial charge in [0, 0.05) is 18.9 Å². The first kappa shape index (κ1) is 16.7. The van der Waals surface area contributed by atoms with Crippen molar-refractivity contribution in [2.75, 3.05) is 6.54 Å². The zero-order valence-electron chi connectivity index (χ0n) is 14.2. The molecule has 0 aliphatic carbocycles. The fourth-order valence-electron chi connectivity index (χ4n) is 3.63. The monoisotopic (exact) mass is 356 g/mol. The van der Waals surface area contributed by atoms with E-state index in [2.05, 4.69) is 15.3 Å². The molecule has 4 heterocycles. The van der Waals surface area contributed by atoms with Crippen molar-refractivity contribution in [3.8, 4) is 0 Å². The van der Waals surface area contributed by atoms with Gasteiger partial charge in [-0.05, 0) is 31.4 Å². The minimum atomic E-state index is -0.488. The van der Waals surface area contributed by atoms with E-state index in [0.29, 0.717) is 31.0 Å². The molecule has 2 aliphatic heterocycles. The molecule has 0 aromatic carbocycles. The summed E-state index contributed by atoms with van der Waals surface area (Å²) in [5, 5.41) is 2.84. The standard InChI is InChI=1S/C18H20N4O4/c23-17(21-10-12-2-1-9-25-12)16-4-3-14-15(26-16)5-8-22(14)18(24)13-11-19-6-7-20-13/h1-2,6-7,9,11,14-16H,3-5,8,10H2,(H,21,23)/t14-,15-,16-/m1/s1. The second-order valence-corrected chi connectivity index (χ2v) is 6.48. The maximum absolute atomic E-state index is 12.6. The topological polar surface area (TPSA) is 97.6 Å². The van der Waals surface area contributed by atoms with Crippen LogP contribution >= 0.6 is 0 Å². The lowest BCUT2D eigenvalue weighted by Gasteiger charge is -2.35. The highest BCUT2D eigenvalue weighted by molar-refractivity contribution is 5.92. The van der Waals surface area contributed by atoms with E-state index in [4.69, 9.17) is 9.15 Å². The SMILES string of the molecule is O=C(NCc1ccco1)[C@H]1CC[C@@H]2[C@@H](CCN2C(=O)c2cnccn2)O1. The molecule has 2 aromatic rings. The number of hydrogen-bond donors (Lipinski definition) is 1. The van der Waals surface area contributed by atoms with Gasteiger partial charge in [0.25, 0.3) is 5.91 Å². The van der Waals surface area contributed by atoms with Crippen molar-refractivity contribution in [2.24, 2.45) is 0 Å². The number of amides is 2. The molecule has 1 N–H and O–H groups in total. The number of fused-ring (bicyclic) bond motifs is 1. The molecule has 0 unspecified atom stereocenters. The van der Waals surface area contributed by atoms with E-state index >= 15 is 0 Å². The van der Waals surface area contributed by atoms with Gasteiger partial charge in [-0.15, -0.1) is 0 Å². The van der Waals surface area contributed by atoms with Gasteiger partial charge in [0.2, 0.25) is 5.91 Å². The first-order valence-electron chi connectivity index (χ1n) is 8.75. The molecule has 26 heavy (non-hydrogen) atoms. The molecule has 2 aromatic heterocycles. The van der Waals surface area contributed by atoms with Crippen LogP contribution in [0.2, 0.25) is 0 Å². The molecule has 0 saturated carbocycles. The highest BCUT2D eigenvalue weighted by Crippen LogP contribution is 2.32. The third-order valence-electron chi connectivity index (χ3n) is 4.90. The van der Waals surface area contributed by atoms with Gasteiger partial charge in [0.05, 0.1) is 31.2 Å². The van der Waals surface area contributed by atoms with Gasteiger partial charge in [-0.25, -0.2) is 4.98 Å². The lowest BCUT2D eigenvalue weighted by atomic mass is 9.98. The molecular formula is C18H20N4O4. The average Bonchev–Trinajstić information content (AvgIpc) is 3.35. The largest absolute Gasteiger partial charge is 0.467 e. The van der Waals surface area contributed by atoms with Gasteiger partial charge in [-0.1, -0.05) is 0 Å². The minimum absolute atomic E-state index is 0.0152. The van der Waals surface area contributed by atoms with Crippen LogP contribution in [0.25, 0.3) is 0 Å². The van der Waals surface area contributed by atoms with Gasteiger partial charge in [0.1, 0.15) is 17.6 Å². The van der Waals surface area contributed by atoms with Gasteiger partial charge >= 0.3 is 0 Å². The molecule has 2 amide bonds. The Kier molecular flexibility index (Phi) is 4.66. The number of aromatic nitrogens is 2. The summed E-state index contributed by atoms with van der Waals surface area (Å²) in [5.74, 6) is 0.433. The number of nitrogens with one attached hydrogen (secondary N) is 1. The Morgan fingerprint density at radius 2 is 2.19 bits per heavy atom. The summed E-state index contributed by atoms with van der Waals surface area (Å²) in [6, 6.07) is 3.58. The van der Waals surface area contributed by atoms with Gasteiger partial charge in [-0.2, -0.15) is 0 Å². The molecule has 2 saturated heterocycles. The number of carbonyl (C=O) groups excluding carboxylic acids is 2. The molecule has 8 heteroatoms. The number of furan rings is 1. The van der Waals surface area contributed by atoms with Crippen molar-refractivity contribution in [1.82, 2.24) is 20.2 Å². The summed E-state index contributed by atoms with van der Waals surface area (Å²) in [4.78, 5) is 34.8. The number of nitrogens with zero attached hydrogens (tertiary/aromatic N) is 3. The second-order valence-electron chi connectivity index (χ2n) is 6.48. The summed E-state index contributed by atoms with van der Waals surface area (Å²) in [7, 11) is 0. The van der Waals surface area contributed by atoms with Crippen molar-refractivity contribution in [3.05, 3.63) is 48.4 Å². The van der Waals surface area contributed by atoms with Gasteiger partial charge in [0.15, 0.2) is 0 Å². The number of rotatable bonds is 4. The van der Waals surface area contributed by atoms with Crippen LogP contribution in [0.4, 0.5) is 0 Å². The van der Waals surface area contributed by atoms with Crippen LogP contribution in [0.15, 0.2) is 41.4 Å². The highest BCUT2D eigenvalue weighted by Gasteiger charge is 2.43. The maximum Gasteiger partial charge on any atom is 0.274 e. The van der Waals surface area contributed by atoms with E-state index in [1.807, 2.05) is 6.07 Å². The van der Waals surface area contributed by atoms with Crippen molar-refractivity contribution in [3.63, 3.8) is 0 Å². The van der Waals surface area contributed by atoms with E-state index in [1.54, 1.807) is 23.4 Å². The molecule has 0 bridgehead atoms. The highest BCUT2D eigenvalue weighted by atomic mass is 16.5. The van der Waals surface area contributed by atoms with Crippen LogP contribution in [0.5, 0.6) is 0 Å². The fraction of sp³-hybridized carbons (Fsp3) is 0.444. The number of likely N-dealkylation sites (tertiary alicyclic amines) is 1. The Labute approximate surface area is 150 Å². The molecule has 136 valence electrons. The van der Waals surface area contributed by atoms with Gasteiger partial charge < -0.3 is 19.4 Å². The van der Waals surface area contributed by atoms with Crippen LogP contribution < -0.4 is 5.32 Å². The molecule has 2 aliphatic rings. The lowest BCUT2D eigenvalue weighted by molar-refractivity contribution is -0.143. The summed E-state index contributed by atoms with van der Waals surface area (Å²) in [6.07, 6.45) is 7.52. The van der Waals surface area contributed by atoms with Crippen LogP contribution in [-0.2, 0) is 16.1 Å². The van der Waals surface area contributed by atoms with Gasteiger partial charge in [-0.3, -0.25) is 14.6 Å². The number of hydrogen-bond acceptors (Lipinski definition) is 6. The molecule has 2 fully saturated rings. The lowest BCUT2D eigenvalue weighted by Crippen LogP contribution is -2.49. The van der Waals surface area contributed by atoms with E-state index in [9.17, 15) is 9.59 Å². The third-order valence-corrected chi connectivity index (χ3v) is 4.90. The van der Waals surface area contributed by atoms with Crippen LogP contribution in [0, 0.1) is 0 Å². The van der Waals surface area contributed by atoms with E-state index in [-0.39, 0.29) is 24.0 Å². The molecule has 4 rings (SSSR count). The van der Waals surface area contributed by atoms with Crippen LogP contribution in [0.3, 0.4) is 0 Å². The third kappa shape index (κ3) is 3.32. The van der Waals surface area contributed by atoms with E-state index < -0.39 is 6.10 Å². The molecule has 8 nitrogen and oxygen atoms in total.